The predicted molar refractivity (Wildman–Crippen MR) is 52.2 cm³/mol. The SMILES string of the molecule is CNc1nc(N)nc(SC)c1N. The number of nitrogens with one attached hydrogen (secondary N) is 1. The van der Waals surface area contributed by atoms with Gasteiger partial charge in [-0.3, -0.25) is 0 Å². The number of hydrogen-bond acceptors (Lipinski definition) is 6. The molecular formula is C6H11N5S. The van der Waals surface area contributed by atoms with Gasteiger partial charge in [0, 0.05) is 7.05 Å². The summed E-state index contributed by atoms with van der Waals surface area (Å²) in [6.45, 7) is 0. The van der Waals surface area contributed by atoms with Gasteiger partial charge in [-0.15, -0.1) is 11.8 Å². The third kappa shape index (κ3) is 1.53. The van der Waals surface area contributed by atoms with E-state index in [1.165, 1.54) is 11.8 Å². The molecule has 0 unspecified atom stereocenters. The minimum Gasteiger partial charge on any atom is -0.394 e. The Bertz CT molecular complexity index is 262. The molecule has 0 amide bonds. The number of aromatic nitrogens is 2. The van der Waals surface area contributed by atoms with Crippen LogP contribution in [-0.2, 0) is 0 Å². The summed E-state index contributed by atoms with van der Waals surface area (Å²) < 4.78 is 0. The summed E-state index contributed by atoms with van der Waals surface area (Å²) in [5.41, 5.74) is 11.7. The van der Waals surface area contributed by atoms with Crippen LogP contribution in [0.25, 0.3) is 0 Å². The average Bonchev–Trinajstić information content (AvgIpc) is 2.08. The van der Waals surface area contributed by atoms with E-state index in [2.05, 4.69) is 15.3 Å². The number of anilines is 3. The summed E-state index contributed by atoms with van der Waals surface area (Å²) in [6, 6.07) is 0. The molecule has 12 heavy (non-hydrogen) atoms. The smallest absolute Gasteiger partial charge is 0.223 e. The van der Waals surface area contributed by atoms with E-state index in [9.17, 15) is 0 Å². The number of hydrogen-bond donors (Lipinski definition) is 3. The highest BCUT2D eigenvalue weighted by Crippen LogP contribution is 2.26. The van der Waals surface area contributed by atoms with E-state index in [0.29, 0.717) is 16.5 Å². The van der Waals surface area contributed by atoms with Gasteiger partial charge >= 0.3 is 0 Å². The molecule has 0 fully saturated rings. The largest absolute Gasteiger partial charge is 0.394 e. The molecule has 0 atom stereocenters. The summed E-state index contributed by atoms with van der Waals surface area (Å²) in [4.78, 5) is 7.88. The van der Waals surface area contributed by atoms with E-state index < -0.39 is 0 Å². The Morgan fingerprint density at radius 3 is 2.50 bits per heavy atom. The first-order valence-electron chi connectivity index (χ1n) is 3.33. The van der Waals surface area contributed by atoms with Crippen LogP contribution in [0.1, 0.15) is 0 Å². The fraction of sp³-hybridized carbons (Fsp3) is 0.333. The third-order valence-electron chi connectivity index (χ3n) is 1.36. The lowest BCUT2D eigenvalue weighted by molar-refractivity contribution is 1.07. The summed E-state index contributed by atoms with van der Waals surface area (Å²) in [5, 5.41) is 3.54. The molecule has 1 heterocycles. The number of nitrogens with zero attached hydrogens (tertiary/aromatic N) is 2. The Labute approximate surface area is 75.0 Å². The van der Waals surface area contributed by atoms with E-state index >= 15 is 0 Å². The Morgan fingerprint density at radius 2 is 2.00 bits per heavy atom. The topological polar surface area (TPSA) is 89.8 Å². The molecule has 0 saturated carbocycles. The second-order valence-corrected chi connectivity index (χ2v) is 2.90. The number of rotatable bonds is 2. The highest BCUT2D eigenvalue weighted by atomic mass is 32.2. The predicted octanol–water partition coefficient (Wildman–Crippen LogP) is 0.405. The zero-order valence-electron chi connectivity index (χ0n) is 6.96. The first kappa shape index (κ1) is 8.92. The minimum absolute atomic E-state index is 0.234. The molecule has 0 bridgehead atoms. The summed E-state index contributed by atoms with van der Waals surface area (Å²) >= 11 is 1.44. The summed E-state index contributed by atoms with van der Waals surface area (Å²) in [6.07, 6.45) is 1.89. The monoisotopic (exact) mass is 185 g/mol. The van der Waals surface area contributed by atoms with Crippen molar-refractivity contribution < 1.29 is 0 Å². The van der Waals surface area contributed by atoms with Gasteiger partial charge in [-0.1, -0.05) is 0 Å². The van der Waals surface area contributed by atoms with E-state index in [0.717, 1.165) is 0 Å². The summed E-state index contributed by atoms with van der Waals surface area (Å²) in [7, 11) is 1.74. The molecule has 5 N–H and O–H groups in total. The molecule has 0 aliphatic heterocycles. The number of nitrogens with two attached hydrogens (primary N) is 2. The van der Waals surface area contributed by atoms with Crippen LogP contribution in [0.2, 0.25) is 0 Å². The van der Waals surface area contributed by atoms with Crippen molar-refractivity contribution in [2.24, 2.45) is 0 Å². The maximum Gasteiger partial charge on any atom is 0.223 e. The lowest BCUT2D eigenvalue weighted by Crippen LogP contribution is -2.05. The van der Waals surface area contributed by atoms with Crippen molar-refractivity contribution in [3.05, 3.63) is 0 Å². The second kappa shape index (κ2) is 3.48. The molecule has 5 nitrogen and oxygen atoms in total. The molecule has 1 aromatic rings. The van der Waals surface area contributed by atoms with Crippen molar-refractivity contribution in [1.29, 1.82) is 0 Å². The molecule has 1 aromatic heterocycles. The van der Waals surface area contributed by atoms with Gasteiger partial charge in [0.1, 0.15) is 10.7 Å². The van der Waals surface area contributed by atoms with Crippen LogP contribution in [0.4, 0.5) is 17.5 Å². The Balaban J connectivity index is 3.22. The van der Waals surface area contributed by atoms with Crippen molar-refractivity contribution in [3.8, 4) is 0 Å². The maximum atomic E-state index is 5.71. The molecule has 0 aliphatic rings. The van der Waals surface area contributed by atoms with Crippen LogP contribution >= 0.6 is 11.8 Å². The molecular weight excluding hydrogens is 174 g/mol. The Hall–Kier alpha value is -1.17. The highest BCUT2D eigenvalue weighted by Gasteiger charge is 2.07. The highest BCUT2D eigenvalue weighted by molar-refractivity contribution is 7.98. The molecule has 0 radical (unpaired) electrons. The van der Waals surface area contributed by atoms with Crippen LogP contribution in [0.5, 0.6) is 0 Å². The third-order valence-corrected chi connectivity index (χ3v) is 2.06. The average molecular weight is 185 g/mol. The van der Waals surface area contributed by atoms with Crippen LogP contribution in [0.15, 0.2) is 5.03 Å². The van der Waals surface area contributed by atoms with Crippen molar-refractivity contribution >= 4 is 29.2 Å². The fourth-order valence-electron chi connectivity index (χ4n) is 0.811. The van der Waals surface area contributed by atoms with Gasteiger partial charge in [0.2, 0.25) is 5.95 Å². The van der Waals surface area contributed by atoms with Gasteiger partial charge in [-0.05, 0) is 6.26 Å². The van der Waals surface area contributed by atoms with Crippen LogP contribution in [0.3, 0.4) is 0 Å². The van der Waals surface area contributed by atoms with Crippen molar-refractivity contribution in [2.75, 3.05) is 30.1 Å². The first-order chi connectivity index (χ1) is 5.69. The number of nitrogen functional groups attached to an aromatic ring is 2. The van der Waals surface area contributed by atoms with Crippen LogP contribution in [0, 0.1) is 0 Å². The van der Waals surface area contributed by atoms with E-state index in [4.69, 9.17) is 11.5 Å². The standard InChI is InChI=1S/C6H11N5S/c1-9-4-3(7)5(12-2)11-6(8)10-4/h7H2,1-2H3,(H3,8,9,10,11). The van der Waals surface area contributed by atoms with Gasteiger partial charge in [-0.25, -0.2) is 4.98 Å². The van der Waals surface area contributed by atoms with Gasteiger partial charge in [0.05, 0.1) is 0 Å². The molecule has 6 heteroatoms. The quantitative estimate of drug-likeness (QED) is 0.456. The Morgan fingerprint density at radius 1 is 1.33 bits per heavy atom. The molecule has 66 valence electrons. The van der Waals surface area contributed by atoms with Crippen LogP contribution in [-0.4, -0.2) is 23.3 Å². The van der Waals surface area contributed by atoms with Gasteiger partial charge in [-0.2, -0.15) is 4.98 Å². The first-order valence-corrected chi connectivity index (χ1v) is 4.56. The van der Waals surface area contributed by atoms with Crippen molar-refractivity contribution in [3.63, 3.8) is 0 Å². The molecule has 0 spiro atoms. The van der Waals surface area contributed by atoms with E-state index in [1.54, 1.807) is 7.05 Å². The second-order valence-electron chi connectivity index (χ2n) is 2.10. The van der Waals surface area contributed by atoms with Crippen LogP contribution < -0.4 is 16.8 Å². The van der Waals surface area contributed by atoms with E-state index in [-0.39, 0.29) is 5.95 Å². The molecule has 1 rings (SSSR count). The minimum atomic E-state index is 0.234. The summed E-state index contributed by atoms with van der Waals surface area (Å²) in [5.74, 6) is 0.810. The van der Waals surface area contributed by atoms with Gasteiger partial charge in [0.25, 0.3) is 0 Å². The molecule has 0 saturated heterocycles. The Kier molecular flexibility index (Phi) is 2.59. The van der Waals surface area contributed by atoms with Gasteiger partial charge < -0.3 is 16.8 Å². The van der Waals surface area contributed by atoms with Gasteiger partial charge in [0.15, 0.2) is 5.82 Å². The van der Waals surface area contributed by atoms with E-state index in [1.807, 2.05) is 6.26 Å². The normalized spacial score (nSPS) is 9.83. The fourth-order valence-corrected chi connectivity index (χ4v) is 1.31. The molecule has 0 aromatic carbocycles. The molecule has 0 aliphatic carbocycles. The van der Waals surface area contributed by atoms with Crippen molar-refractivity contribution in [2.45, 2.75) is 5.03 Å². The maximum absolute atomic E-state index is 5.71. The zero-order valence-corrected chi connectivity index (χ0v) is 7.77. The lowest BCUT2D eigenvalue weighted by atomic mass is 10.5. The lowest BCUT2D eigenvalue weighted by Gasteiger charge is -2.07. The zero-order chi connectivity index (χ0) is 9.14. The number of thioether (sulfide) groups is 1. The van der Waals surface area contributed by atoms with Crippen molar-refractivity contribution in [1.82, 2.24) is 9.97 Å².